The summed E-state index contributed by atoms with van der Waals surface area (Å²) >= 11 is 8.50. The standard InChI is InChI=1S/C9H12Br2N2OS/c1-5(9(14)12-2)13-4-6-3-7(10)8(11)15-6/h3,5,13H,4H2,1-2H3,(H,12,14). The third-order valence-electron chi connectivity index (χ3n) is 1.92. The van der Waals surface area contributed by atoms with E-state index < -0.39 is 0 Å². The molecule has 0 fully saturated rings. The predicted molar refractivity (Wildman–Crippen MR) is 70.1 cm³/mol. The van der Waals surface area contributed by atoms with Gasteiger partial charge in [0.25, 0.3) is 0 Å². The maximum Gasteiger partial charge on any atom is 0.236 e. The van der Waals surface area contributed by atoms with E-state index in [1.54, 1.807) is 18.4 Å². The second kappa shape index (κ2) is 5.98. The van der Waals surface area contributed by atoms with E-state index in [0.717, 1.165) is 8.26 Å². The molecule has 6 heteroatoms. The lowest BCUT2D eigenvalue weighted by Crippen LogP contribution is -2.40. The zero-order chi connectivity index (χ0) is 11.4. The van der Waals surface area contributed by atoms with Crippen molar-refractivity contribution in [3.63, 3.8) is 0 Å². The van der Waals surface area contributed by atoms with Gasteiger partial charge in [-0.15, -0.1) is 11.3 Å². The molecule has 1 rings (SSSR count). The highest BCUT2D eigenvalue weighted by molar-refractivity contribution is 9.13. The molecular formula is C9H12Br2N2OS. The number of hydrogen-bond donors (Lipinski definition) is 2. The molecule has 15 heavy (non-hydrogen) atoms. The van der Waals surface area contributed by atoms with E-state index in [-0.39, 0.29) is 11.9 Å². The molecular weight excluding hydrogens is 344 g/mol. The first-order valence-electron chi connectivity index (χ1n) is 4.43. The second-order valence-corrected chi connectivity index (χ2v) is 6.36. The molecule has 1 heterocycles. The van der Waals surface area contributed by atoms with Gasteiger partial charge in [-0.3, -0.25) is 4.79 Å². The number of halogens is 2. The Morgan fingerprint density at radius 2 is 2.27 bits per heavy atom. The van der Waals surface area contributed by atoms with Crippen molar-refractivity contribution in [2.24, 2.45) is 0 Å². The van der Waals surface area contributed by atoms with Crippen LogP contribution in [0, 0.1) is 0 Å². The van der Waals surface area contributed by atoms with Crippen LogP contribution in [0.5, 0.6) is 0 Å². The minimum absolute atomic E-state index is 0.00434. The first-order chi connectivity index (χ1) is 7.04. The van der Waals surface area contributed by atoms with E-state index >= 15 is 0 Å². The van der Waals surface area contributed by atoms with Crippen LogP contribution < -0.4 is 10.6 Å². The molecule has 3 nitrogen and oxygen atoms in total. The monoisotopic (exact) mass is 354 g/mol. The fourth-order valence-corrected chi connectivity index (χ4v) is 3.17. The van der Waals surface area contributed by atoms with Crippen LogP contribution >= 0.6 is 43.2 Å². The van der Waals surface area contributed by atoms with Crippen molar-refractivity contribution >= 4 is 49.1 Å². The van der Waals surface area contributed by atoms with E-state index in [1.807, 2.05) is 13.0 Å². The van der Waals surface area contributed by atoms with Crippen LogP contribution in [0.1, 0.15) is 11.8 Å². The average molecular weight is 356 g/mol. The number of likely N-dealkylation sites (N-methyl/N-ethyl adjacent to an activating group) is 1. The Kier molecular flexibility index (Phi) is 5.25. The Morgan fingerprint density at radius 3 is 2.73 bits per heavy atom. The van der Waals surface area contributed by atoms with Gasteiger partial charge in [0, 0.05) is 22.9 Å². The average Bonchev–Trinajstić information content (AvgIpc) is 2.54. The maximum absolute atomic E-state index is 11.2. The molecule has 1 amide bonds. The summed E-state index contributed by atoms with van der Waals surface area (Å²) in [6.45, 7) is 2.54. The van der Waals surface area contributed by atoms with Crippen molar-refractivity contribution < 1.29 is 4.79 Å². The number of carbonyl (C=O) groups excluding carboxylic acids is 1. The Labute approximate surface area is 110 Å². The fraction of sp³-hybridized carbons (Fsp3) is 0.444. The lowest BCUT2D eigenvalue weighted by atomic mass is 10.3. The quantitative estimate of drug-likeness (QED) is 0.871. The van der Waals surface area contributed by atoms with Crippen LogP contribution in [-0.2, 0) is 11.3 Å². The van der Waals surface area contributed by atoms with E-state index in [1.165, 1.54) is 4.88 Å². The normalized spacial score (nSPS) is 12.5. The van der Waals surface area contributed by atoms with Gasteiger partial charge >= 0.3 is 0 Å². The van der Waals surface area contributed by atoms with Crippen molar-refractivity contribution in [1.29, 1.82) is 0 Å². The first kappa shape index (κ1) is 13.2. The van der Waals surface area contributed by atoms with Crippen molar-refractivity contribution in [3.8, 4) is 0 Å². The van der Waals surface area contributed by atoms with E-state index in [2.05, 4.69) is 42.5 Å². The molecule has 2 N–H and O–H groups in total. The molecule has 0 saturated heterocycles. The Hall–Kier alpha value is 0.0900. The SMILES string of the molecule is CNC(=O)C(C)NCc1cc(Br)c(Br)s1. The summed E-state index contributed by atoms with van der Waals surface area (Å²) in [4.78, 5) is 12.4. The summed E-state index contributed by atoms with van der Waals surface area (Å²) in [6, 6.07) is 1.87. The summed E-state index contributed by atoms with van der Waals surface area (Å²) in [5.41, 5.74) is 0. The Morgan fingerprint density at radius 1 is 1.60 bits per heavy atom. The molecule has 0 aliphatic rings. The lowest BCUT2D eigenvalue weighted by Gasteiger charge is -2.10. The predicted octanol–water partition coefficient (Wildman–Crippen LogP) is 2.50. The van der Waals surface area contributed by atoms with Gasteiger partial charge in [-0.05, 0) is 44.8 Å². The van der Waals surface area contributed by atoms with Gasteiger partial charge in [-0.25, -0.2) is 0 Å². The summed E-state index contributed by atoms with van der Waals surface area (Å²) in [5, 5.41) is 5.75. The number of nitrogens with one attached hydrogen (secondary N) is 2. The maximum atomic E-state index is 11.2. The van der Waals surface area contributed by atoms with Crippen LogP contribution in [0.3, 0.4) is 0 Å². The molecule has 1 atom stereocenters. The minimum atomic E-state index is -0.172. The number of hydrogen-bond acceptors (Lipinski definition) is 3. The van der Waals surface area contributed by atoms with E-state index in [0.29, 0.717) is 6.54 Å². The highest BCUT2D eigenvalue weighted by Crippen LogP contribution is 2.32. The van der Waals surface area contributed by atoms with Gasteiger partial charge in [-0.2, -0.15) is 0 Å². The molecule has 1 aromatic rings. The van der Waals surface area contributed by atoms with E-state index in [4.69, 9.17) is 0 Å². The van der Waals surface area contributed by atoms with Crippen LogP contribution in [0.2, 0.25) is 0 Å². The number of rotatable bonds is 4. The minimum Gasteiger partial charge on any atom is -0.358 e. The third-order valence-corrected chi connectivity index (χ3v) is 5.17. The molecule has 0 saturated carbocycles. The Balaban J connectivity index is 2.47. The molecule has 0 radical (unpaired) electrons. The molecule has 0 aromatic carbocycles. The summed E-state index contributed by atoms with van der Waals surface area (Å²) in [7, 11) is 1.64. The molecule has 0 aliphatic heterocycles. The topological polar surface area (TPSA) is 41.1 Å². The van der Waals surface area contributed by atoms with Gasteiger partial charge in [0.1, 0.15) is 0 Å². The summed E-state index contributed by atoms with van der Waals surface area (Å²) < 4.78 is 2.13. The van der Waals surface area contributed by atoms with Crippen molar-refractivity contribution in [2.75, 3.05) is 7.05 Å². The summed E-state index contributed by atoms with van der Waals surface area (Å²) in [5.74, 6) is 0.00434. The van der Waals surface area contributed by atoms with Crippen LogP contribution in [0.4, 0.5) is 0 Å². The molecule has 1 aromatic heterocycles. The number of amides is 1. The van der Waals surface area contributed by atoms with Gasteiger partial charge in [0.15, 0.2) is 0 Å². The third kappa shape index (κ3) is 3.86. The van der Waals surface area contributed by atoms with Gasteiger partial charge in [0.2, 0.25) is 5.91 Å². The number of thiophene rings is 1. The Bertz CT molecular complexity index is 334. The molecule has 1 unspecified atom stereocenters. The fourth-order valence-electron chi connectivity index (χ4n) is 1.04. The molecule has 0 spiro atoms. The van der Waals surface area contributed by atoms with Crippen LogP contribution in [-0.4, -0.2) is 19.0 Å². The smallest absolute Gasteiger partial charge is 0.236 e. The molecule has 0 bridgehead atoms. The zero-order valence-corrected chi connectivity index (χ0v) is 12.4. The largest absolute Gasteiger partial charge is 0.358 e. The lowest BCUT2D eigenvalue weighted by molar-refractivity contribution is -0.122. The van der Waals surface area contributed by atoms with Crippen molar-refractivity contribution in [3.05, 3.63) is 19.2 Å². The summed E-state index contributed by atoms with van der Waals surface area (Å²) in [6.07, 6.45) is 0. The van der Waals surface area contributed by atoms with Crippen molar-refractivity contribution in [1.82, 2.24) is 10.6 Å². The highest BCUT2D eigenvalue weighted by atomic mass is 79.9. The zero-order valence-electron chi connectivity index (χ0n) is 8.43. The second-order valence-electron chi connectivity index (χ2n) is 3.05. The van der Waals surface area contributed by atoms with E-state index in [9.17, 15) is 4.79 Å². The number of carbonyl (C=O) groups is 1. The molecule has 0 aliphatic carbocycles. The van der Waals surface area contributed by atoms with Crippen LogP contribution in [0.15, 0.2) is 14.3 Å². The highest BCUT2D eigenvalue weighted by Gasteiger charge is 2.11. The van der Waals surface area contributed by atoms with Gasteiger partial charge < -0.3 is 10.6 Å². The molecule has 84 valence electrons. The van der Waals surface area contributed by atoms with Gasteiger partial charge in [0.05, 0.1) is 9.83 Å². The van der Waals surface area contributed by atoms with Crippen molar-refractivity contribution in [2.45, 2.75) is 19.5 Å². The van der Waals surface area contributed by atoms with Crippen LogP contribution in [0.25, 0.3) is 0 Å². The first-order valence-corrected chi connectivity index (χ1v) is 6.83. The van der Waals surface area contributed by atoms with Gasteiger partial charge in [-0.1, -0.05) is 0 Å².